The van der Waals surface area contributed by atoms with Crippen molar-refractivity contribution in [2.75, 3.05) is 25.5 Å². The van der Waals surface area contributed by atoms with E-state index in [-0.39, 0.29) is 75.5 Å². The number of nitrogens with one attached hydrogen (secondary N) is 2. The molecule has 0 aromatic heterocycles. The summed E-state index contributed by atoms with van der Waals surface area (Å²) in [5.74, 6) is -2.43. The molecule has 0 saturated carbocycles. The van der Waals surface area contributed by atoms with Crippen molar-refractivity contribution in [2.45, 2.75) is 43.2 Å². The lowest BCUT2D eigenvalue weighted by Crippen LogP contribution is -2.52. The molecule has 33 heavy (non-hydrogen) atoms. The summed E-state index contributed by atoms with van der Waals surface area (Å²) in [6, 6.07) is 4.22. The summed E-state index contributed by atoms with van der Waals surface area (Å²) >= 11 is 0. The largest absolute Gasteiger partial charge is 0.481 e. The van der Waals surface area contributed by atoms with Gasteiger partial charge in [-0.3, -0.25) is 33.5 Å². The van der Waals surface area contributed by atoms with Crippen LogP contribution in [0.5, 0.6) is 0 Å². The Kier molecular flexibility index (Phi) is 8.28. The third-order valence-corrected chi connectivity index (χ3v) is 6.74. The predicted molar refractivity (Wildman–Crippen MR) is 114 cm³/mol. The maximum Gasteiger partial charge on any atom is 0.303 e. The molecule has 3 N–H and O–H groups in total. The quantitative estimate of drug-likeness (QED) is 0.284. The number of hydrogen-bond donors (Lipinski definition) is 3. The Hall–Kier alpha value is -3.12. The van der Waals surface area contributed by atoms with E-state index in [1.807, 2.05) is 0 Å². The molecule has 0 spiro atoms. The van der Waals surface area contributed by atoms with Crippen molar-refractivity contribution in [3.05, 3.63) is 29.3 Å². The number of imide groups is 1. The third-order valence-electron chi connectivity index (χ3n) is 5.33. The molecule has 2 aliphatic heterocycles. The molecular formula is C21H25N3O8S. The number of nitrogens with zero attached hydrogens (tertiary/aromatic N) is 1. The van der Waals surface area contributed by atoms with Crippen molar-refractivity contribution in [3.8, 4) is 0 Å². The van der Waals surface area contributed by atoms with Gasteiger partial charge < -0.3 is 20.1 Å². The fraction of sp³-hybridized carbons (Fsp3) is 0.476. The van der Waals surface area contributed by atoms with Crippen LogP contribution >= 0.6 is 0 Å². The first-order valence-electron chi connectivity index (χ1n) is 10.5. The van der Waals surface area contributed by atoms with Gasteiger partial charge in [0, 0.05) is 42.0 Å². The number of hydrogen-bond acceptors (Lipinski definition) is 7. The van der Waals surface area contributed by atoms with Crippen LogP contribution in [-0.4, -0.2) is 75.4 Å². The molecule has 12 heteroatoms. The minimum Gasteiger partial charge on any atom is -0.481 e. The van der Waals surface area contributed by atoms with Crippen LogP contribution in [0.2, 0.25) is 0 Å². The molecule has 178 valence electrons. The van der Waals surface area contributed by atoms with E-state index in [1.54, 1.807) is 18.2 Å². The van der Waals surface area contributed by atoms with Gasteiger partial charge >= 0.3 is 5.97 Å². The molecule has 1 aromatic carbocycles. The van der Waals surface area contributed by atoms with E-state index in [1.165, 1.54) is 4.90 Å². The minimum absolute atomic E-state index is 0.104. The van der Waals surface area contributed by atoms with Gasteiger partial charge in [0.15, 0.2) is 0 Å². The van der Waals surface area contributed by atoms with Crippen LogP contribution in [0.3, 0.4) is 0 Å². The van der Waals surface area contributed by atoms with Crippen molar-refractivity contribution in [1.29, 1.82) is 0 Å². The molecule has 0 bridgehead atoms. The zero-order chi connectivity index (χ0) is 24.0. The second-order valence-electron chi connectivity index (χ2n) is 7.59. The SMILES string of the molecule is O=C(O)CCC(=O)NCCOCCS(=O)c1cccc2c1CN(C1CCC(=O)NC1=O)C2=O. The number of aliphatic carboxylic acids is 1. The lowest BCUT2D eigenvalue weighted by Gasteiger charge is -2.29. The molecule has 1 fully saturated rings. The fourth-order valence-electron chi connectivity index (χ4n) is 3.69. The predicted octanol–water partition coefficient (Wildman–Crippen LogP) is -0.447. The Labute approximate surface area is 192 Å². The first kappa shape index (κ1) is 24.5. The summed E-state index contributed by atoms with van der Waals surface area (Å²) in [5, 5.41) is 13.3. The highest BCUT2D eigenvalue weighted by Crippen LogP contribution is 2.31. The van der Waals surface area contributed by atoms with Gasteiger partial charge in [-0.1, -0.05) is 6.07 Å². The third kappa shape index (κ3) is 6.23. The molecule has 2 unspecified atom stereocenters. The Morgan fingerprint density at radius 3 is 2.73 bits per heavy atom. The lowest BCUT2D eigenvalue weighted by molar-refractivity contribution is -0.139. The van der Waals surface area contributed by atoms with Gasteiger partial charge in [0.1, 0.15) is 6.04 Å². The topological polar surface area (TPSA) is 159 Å². The van der Waals surface area contributed by atoms with E-state index in [2.05, 4.69) is 10.6 Å². The summed E-state index contributed by atoms with van der Waals surface area (Å²) in [6.07, 6.45) is 0.0692. The highest BCUT2D eigenvalue weighted by Gasteiger charge is 2.40. The standard InChI is InChI=1S/C21H25N3O8S/c25-17(6-7-19(27)28)22-8-9-32-10-11-33(31)16-3-1-2-13-14(16)12-24(21(13)30)15-4-5-18(26)23-20(15)29/h1-3,15H,4-12H2,(H,22,25)(H,27,28)(H,23,26,29). The van der Waals surface area contributed by atoms with Crippen LogP contribution in [0, 0.1) is 0 Å². The number of benzene rings is 1. The molecule has 11 nitrogen and oxygen atoms in total. The normalized spacial score (nSPS) is 18.6. The summed E-state index contributed by atoms with van der Waals surface area (Å²) in [7, 11) is -1.45. The highest BCUT2D eigenvalue weighted by molar-refractivity contribution is 7.85. The molecule has 2 heterocycles. The van der Waals surface area contributed by atoms with E-state index in [0.717, 1.165) is 0 Å². The fourth-order valence-corrected chi connectivity index (χ4v) is 4.86. The van der Waals surface area contributed by atoms with Gasteiger partial charge in [0.2, 0.25) is 17.7 Å². The molecular weight excluding hydrogens is 454 g/mol. The Morgan fingerprint density at radius 1 is 1.21 bits per heavy atom. The Balaban J connectivity index is 1.49. The Bertz CT molecular complexity index is 996. The molecule has 3 rings (SSSR count). The number of carbonyl (C=O) groups is 5. The van der Waals surface area contributed by atoms with E-state index >= 15 is 0 Å². The highest BCUT2D eigenvalue weighted by atomic mass is 32.2. The van der Waals surface area contributed by atoms with Crippen molar-refractivity contribution < 1.29 is 38.0 Å². The second-order valence-corrected chi connectivity index (χ2v) is 9.13. The molecule has 0 radical (unpaired) electrons. The second kappa shape index (κ2) is 11.1. The summed E-state index contributed by atoms with van der Waals surface area (Å²) in [6.45, 7) is 0.698. The van der Waals surface area contributed by atoms with Crippen LogP contribution in [0.25, 0.3) is 0 Å². The van der Waals surface area contributed by atoms with Gasteiger partial charge in [-0.15, -0.1) is 0 Å². The van der Waals surface area contributed by atoms with E-state index in [4.69, 9.17) is 9.84 Å². The molecule has 4 amide bonds. The minimum atomic E-state index is -1.45. The average molecular weight is 480 g/mol. The van der Waals surface area contributed by atoms with Gasteiger partial charge in [-0.05, 0) is 18.6 Å². The van der Waals surface area contributed by atoms with Crippen molar-refractivity contribution >= 4 is 40.4 Å². The zero-order valence-corrected chi connectivity index (χ0v) is 18.7. The number of carboxylic acid groups (broad SMARTS) is 1. The first-order valence-corrected chi connectivity index (χ1v) is 11.8. The number of fused-ring (bicyclic) bond motifs is 1. The number of carboxylic acids is 1. The van der Waals surface area contributed by atoms with Crippen LogP contribution in [0.15, 0.2) is 23.1 Å². The summed E-state index contributed by atoms with van der Waals surface area (Å²) in [4.78, 5) is 60.2. The van der Waals surface area contributed by atoms with Crippen molar-refractivity contribution in [2.24, 2.45) is 0 Å². The van der Waals surface area contributed by atoms with Gasteiger partial charge in [-0.25, -0.2) is 0 Å². The van der Waals surface area contributed by atoms with Gasteiger partial charge in [0.25, 0.3) is 5.91 Å². The molecule has 1 aromatic rings. The van der Waals surface area contributed by atoms with E-state index in [9.17, 15) is 28.2 Å². The summed E-state index contributed by atoms with van der Waals surface area (Å²) < 4.78 is 18.2. The zero-order valence-electron chi connectivity index (χ0n) is 17.8. The summed E-state index contributed by atoms with van der Waals surface area (Å²) in [5.41, 5.74) is 1.01. The van der Waals surface area contributed by atoms with Crippen LogP contribution in [0.4, 0.5) is 0 Å². The molecule has 1 saturated heterocycles. The maximum atomic E-state index is 12.8. The molecule has 2 aliphatic rings. The van der Waals surface area contributed by atoms with Gasteiger partial charge in [0.05, 0.1) is 36.2 Å². The van der Waals surface area contributed by atoms with Crippen LogP contribution < -0.4 is 10.6 Å². The van der Waals surface area contributed by atoms with Crippen LogP contribution in [-0.2, 0) is 41.3 Å². The number of rotatable bonds is 11. The van der Waals surface area contributed by atoms with E-state index < -0.39 is 28.7 Å². The first-order chi connectivity index (χ1) is 15.8. The van der Waals surface area contributed by atoms with Crippen LogP contribution in [0.1, 0.15) is 41.6 Å². The van der Waals surface area contributed by atoms with Gasteiger partial charge in [-0.2, -0.15) is 0 Å². The van der Waals surface area contributed by atoms with E-state index in [0.29, 0.717) is 16.0 Å². The lowest BCUT2D eigenvalue weighted by atomic mass is 10.0. The monoisotopic (exact) mass is 479 g/mol. The average Bonchev–Trinajstić information content (AvgIpc) is 3.11. The number of amides is 4. The number of piperidine rings is 1. The van der Waals surface area contributed by atoms with Crippen molar-refractivity contribution in [1.82, 2.24) is 15.5 Å². The number of carbonyl (C=O) groups excluding carboxylic acids is 4. The maximum absolute atomic E-state index is 12.8. The molecule has 2 atom stereocenters. The number of ether oxygens (including phenoxy) is 1. The van der Waals surface area contributed by atoms with Crippen molar-refractivity contribution in [3.63, 3.8) is 0 Å². The Morgan fingerprint density at radius 2 is 2.00 bits per heavy atom. The molecule has 0 aliphatic carbocycles. The smallest absolute Gasteiger partial charge is 0.303 e.